The van der Waals surface area contributed by atoms with Crippen molar-refractivity contribution in [1.82, 2.24) is 0 Å². The van der Waals surface area contributed by atoms with Gasteiger partial charge >= 0.3 is 0 Å². The number of rotatable bonds is 0. The van der Waals surface area contributed by atoms with Gasteiger partial charge in [0.25, 0.3) is 0 Å². The fraction of sp³-hybridized carbons (Fsp3) is 1.00. The molecule has 0 radical (unpaired) electrons. The molecule has 0 bridgehead atoms. The van der Waals surface area contributed by atoms with E-state index in [1.54, 1.807) is 0 Å². The van der Waals surface area contributed by atoms with Gasteiger partial charge in [-0.25, -0.2) is 0 Å². The van der Waals surface area contributed by atoms with Crippen molar-refractivity contribution in [3.8, 4) is 0 Å². The number of fused-ring (bicyclic) bond motifs is 3. The molecular weight excluding hydrogens is 985 g/mol. The van der Waals surface area contributed by atoms with E-state index in [1.165, 1.54) is 64.2 Å². The van der Waals surface area contributed by atoms with Crippen LogP contribution in [-0.2, 0) is 85.3 Å². The van der Waals surface area contributed by atoms with Crippen LogP contribution in [0.1, 0.15) is 140 Å². The van der Waals surface area contributed by atoms with Crippen LogP contribution in [0, 0.1) is 35.0 Å². The molecule has 11 unspecified atom stereocenters. The second-order valence-electron chi connectivity index (χ2n) is 23.5. The fourth-order valence-corrected chi connectivity index (χ4v) is 9.75. The Hall–Kier alpha value is -0.720. The molecule has 12 heterocycles. The molecule has 448 valence electrons. The van der Waals surface area contributed by atoms with E-state index in [2.05, 4.69) is 48.5 Å². The summed E-state index contributed by atoms with van der Waals surface area (Å²) in [4.78, 5) is 0. The van der Waals surface area contributed by atoms with Crippen LogP contribution in [0.2, 0.25) is 0 Å². The van der Waals surface area contributed by atoms with E-state index in [-0.39, 0.29) is 18.0 Å². The lowest BCUT2D eigenvalue weighted by Gasteiger charge is -2.40. The molecule has 0 amide bonds. The predicted octanol–water partition coefficient (Wildman–Crippen LogP) is 8.75. The molecule has 14 fully saturated rings. The van der Waals surface area contributed by atoms with E-state index in [4.69, 9.17) is 85.3 Å². The van der Waals surface area contributed by atoms with Gasteiger partial charge in [-0.3, -0.25) is 0 Å². The van der Waals surface area contributed by atoms with E-state index in [9.17, 15) is 0 Å². The highest BCUT2D eigenvalue weighted by atomic mass is 16.7. The summed E-state index contributed by atoms with van der Waals surface area (Å²) in [5.41, 5.74) is -0.0508. The molecule has 0 aromatic heterocycles. The summed E-state index contributed by atoms with van der Waals surface area (Å²) in [5, 5.41) is 0. The maximum atomic E-state index is 5.77. The molecule has 14 rings (SSSR count). The van der Waals surface area contributed by atoms with Gasteiger partial charge in [0.05, 0.1) is 153 Å². The monoisotopic (exact) mass is 1090 g/mol. The standard InChI is InChI=1S/C9H16O2.C8H14O4.C8H14O2.C7H12O.2C5H10O2.C5H10O.C4H8O2.C4H8O.C3H6O/c1-7-4-5-8-9(11-7)3-2-6-10-8;1-7-11-4-8(5-12-7)2-9-6-10-3-8;1-6-4-7-8(5-6)10-3-2-9-7;1-5-2-3-6-7(4-5)8-6;1-5-2-6-4-7-3-5;1-5-6-3-2-4-7-5;1-5-2-3-6-4-5;1-4-2-5-3-6-4;1-4-2-5-3-4;1-3-2-4-3/h7-9H,2-6H2,1H3;7H,2-6H2,1H3;6-8H,2-5H2,1H3;5-7H,2-4H2,1H3;2*5H,2-4H2,1H3;5H,2-4H2,1H3;4H,2-3H2,1H3;4H,2-3H2,1H3;3H,2H2,1H3. The molecule has 0 aromatic carbocycles. The van der Waals surface area contributed by atoms with Crippen molar-refractivity contribution in [3.05, 3.63) is 0 Å². The molecule has 18 heteroatoms. The summed E-state index contributed by atoms with van der Waals surface area (Å²) in [5.74, 6) is 3.99. The van der Waals surface area contributed by atoms with Gasteiger partial charge < -0.3 is 85.3 Å². The quantitative estimate of drug-likeness (QED) is 0.211. The van der Waals surface area contributed by atoms with Crippen LogP contribution in [0.3, 0.4) is 0 Å². The number of hydrogen-bond donors (Lipinski definition) is 0. The second-order valence-corrected chi connectivity index (χ2v) is 23.5. The van der Waals surface area contributed by atoms with E-state index in [0.29, 0.717) is 108 Å². The van der Waals surface area contributed by atoms with Crippen molar-refractivity contribution < 1.29 is 85.3 Å². The molecule has 12 saturated heterocycles. The normalized spacial score (nSPS) is 37.0. The lowest BCUT2D eigenvalue weighted by atomic mass is 9.91. The van der Waals surface area contributed by atoms with Gasteiger partial charge in [0.1, 0.15) is 20.4 Å². The second kappa shape index (κ2) is 38.1. The maximum Gasteiger partial charge on any atom is 0.154 e. The zero-order chi connectivity index (χ0) is 54.4. The van der Waals surface area contributed by atoms with Crippen molar-refractivity contribution in [3.63, 3.8) is 0 Å². The summed E-state index contributed by atoms with van der Waals surface area (Å²) in [6, 6.07) is 0. The van der Waals surface area contributed by atoms with E-state index < -0.39 is 0 Å². The van der Waals surface area contributed by atoms with Crippen molar-refractivity contribution in [2.75, 3.05) is 133 Å². The summed E-state index contributed by atoms with van der Waals surface area (Å²) in [6.45, 7) is 36.9. The molecule has 14 aliphatic rings. The third-order valence-corrected chi connectivity index (χ3v) is 14.8. The van der Waals surface area contributed by atoms with Crippen molar-refractivity contribution >= 4 is 0 Å². The Morgan fingerprint density at radius 1 is 0.276 bits per heavy atom. The number of ether oxygens (including phenoxy) is 18. The Kier molecular flexibility index (Phi) is 33.2. The van der Waals surface area contributed by atoms with E-state index >= 15 is 0 Å². The van der Waals surface area contributed by atoms with Crippen molar-refractivity contribution in [1.29, 1.82) is 0 Å². The van der Waals surface area contributed by atoms with Gasteiger partial charge in [0, 0.05) is 31.7 Å². The average molecular weight is 1090 g/mol. The fourth-order valence-electron chi connectivity index (χ4n) is 9.75. The highest BCUT2D eigenvalue weighted by Crippen LogP contribution is 2.39. The van der Waals surface area contributed by atoms with Gasteiger partial charge in [-0.05, 0) is 123 Å². The van der Waals surface area contributed by atoms with Gasteiger partial charge in [-0.15, -0.1) is 0 Å². The molecule has 11 atom stereocenters. The smallest absolute Gasteiger partial charge is 0.154 e. The Morgan fingerprint density at radius 3 is 1.24 bits per heavy atom. The Morgan fingerprint density at radius 2 is 0.803 bits per heavy atom. The molecule has 1 spiro atoms. The first kappa shape index (κ1) is 66.1. The van der Waals surface area contributed by atoms with Gasteiger partial charge in [0.15, 0.2) is 12.6 Å². The minimum absolute atomic E-state index is 0.0359. The van der Waals surface area contributed by atoms with Crippen LogP contribution >= 0.6 is 0 Å². The Bertz CT molecular complexity index is 1340. The molecule has 12 aliphatic heterocycles. The van der Waals surface area contributed by atoms with Crippen LogP contribution in [0.25, 0.3) is 0 Å². The summed E-state index contributed by atoms with van der Waals surface area (Å²) >= 11 is 0. The topological polar surface area (TPSA) is 173 Å². The third kappa shape index (κ3) is 29.3. The van der Waals surface area contributed by atoms with E-state index in [0.717, 1.165) is 116 Å². The Balaban J connectivity index is 0.000000158. The van der Waals surface area contributed by atoms with Crippen LogP contribution in [-0.4, -0.2) is 200 Å². The predicted molar refractivity (Wildman–Crippen MR) is 286 cm³/mol. The largest absolute Gasteiger partial charge is 0.381 e. The number of hydrogen-bond acceptors (Lipinski definition) is 18. The van der Waals surface area contributed by atoms with E-state index in [1.807, 2.05) is 20.8 Å². The van der Waals surface area contributed by atoms with Crippen LogP contribution in [0.4, 0.5) is 0 Å². The van der Waals surface area contributed by atoms with Gasteiger partial charge in [0.2, 0.25) is 0 Å². The molecule has 0 N–H and O–H groups in total. The lowest BCUT2D eigenvalue weighted by Crippen LogP contribution is -2.49. The minimum atomic E-state index is -0.0856. The first-order valence-electron chi connectivity index (χ1n) is 29.6. The summed E-state index contributed by atoms with van der Waals surface area (Å²) in [6.07, 6.45) is 17.8. The first-order valence-corrected chi connectivity index (χ1v) is 29.6. The van der Waals surface area contributed by atoms with Crippen molar-refractivity contribution in [2.24, 2.45) is 35.0 Å². The number of epoxide rings is 2. The van der Waals surface area contributed by atoms with Crippen LogP contribution < -0.4 is 0 Å². The van der Waals surface area contributed by atoms with Gasteiger partial charge in [-0.1, -0.05) is 34.6 Å². The maximum absolute atomic E-state index is 5.77. The lowest BCUT2D eigenvalue weighted by molar-refractivity contribution is -0.274. The Labute approximate surface area is 459 Å². The minimum Gasteiger partial charge on any atom is -0.381 e. The molecule has 2 saturated carbocycles. The molecule has 18 nitrogen and oxygen atoms in total. The third-order valence-electron chi connectivity index (χ3n) is 14.8. The summed E-state index contributed by atoms with van der Waals surface area (Å²) < 4.78 is 93.4. The average Bonchev–Trinajstić information content (AvgIpc) is 4.19. The van der Waals surface area contributed by atoms with Crippen LogP contribution in [0.5, 0.6) is 0 Å². The molecule has 2 aliphatic carbocycles. The first-order chi connectivity index (χ1) is 36.8. The molecule has 76 heavy (non-hydrogen) atoms. The molecule has 0 aromatic rings. The van der Waals surface area contributed by atoms with Crippen molar-refractivity contribution in [2.45, 2.75) is 207 Å². The van der Waals surface area contributed by atoms with Crippen LogP contribution in [0.15, 0.2) is 0 Å². The zero-order valence-electron chi connectivity index (χ0n) is 49.0. The highest BCUT2D eigenvalue weighted by Gasteiger charge is 2.42. The van der Waals surface area contributed by atoms with Gasteiger partial charge in [-0.2, -0.15) is 0 Å². The highest BCUT2D eigenvalue weighted by molar-refractivity contribution is 4.90. The molecular formula is C58H108O18. The summed E-state index contributed by atoms with van der Waals surface area (Å²) in [7, 11) is 0. The zero-order valence-corrected chi connectivity index (χ0v) is 49.0. The SMILES string of the molecule is CC1CC2OCCOC2C1.CC1CCC2OC2C1.CC1CCC2OCCCC2O1.CC1CCOC1.CC1CO1.CC1COC1.CC1COCO1.CC1COCOC1.CC1OCC2(COCOC2)CO1.CC1OCCCO1.